The third kappa shape index (κ3) is 1.52. The van der Waals surface area contributed by atoms with Crippen molar-refractivity contribution in [2.45, 2.75) is 6.42 Å². The minimum atomic E-state index is 0.829. The zero-order valence-corrected chi connectivity index (χ0v) is 10.8. The molecule has 1 heterocycles. The Bertz CT molecular complexity index is 589. The fourth-order valence-electron chi connectivity index (χ4n) is 3.01. The molecular weight excluding hydrogens is 218 g/mol. The van der Waals surface area contributed by atoms with Crippen LogP contribution < -0.4 is 4.48 Å². The molecule has 2 aliphatic rings. The van der Waals surface area contributed by atoms with Gasteiger partial charge in [0.15, 0.2) is 0 Å². The molecule has 1 aromatic carbocycles. The van der Waals surface area contributed by atoms with E-state index in [1.54, 1.807) is 0 Å². The van der Waals surface area contributed by atoms with Crippen LogP contribution in [0.5, 0.6) is 0 Å². The van der Waals surface area contributed by atoms with Crippen LogP contribution in [0.25, 0.3) is 6.08 Å². The molecule has 0 fully saturated rings. The third-order valence-electron chi connectivity index (χ3n) is 3.88. The van der Waals surface area contributed by atoms with Crippen molar-refractivity contribution in [2.24, 2.45) is 0 Å². The molecule has 90 valence electrons. The predicted molar refractivity (Wildman–Crippen MR) is 79.0 cm³/mol. The molecule has 0 aromatic heterocycles. The number of quaternary nitrogens is 1. The summed E-state index contributed by atoms with van der Waals surface area (Å²) < 4.78 is 0.829. The van der Waals surface area contributed by atoms with Gasteiger partial charge in [-0.3, -0.25) is 4.48 Å². The SMILES string of the molecule is C=CC[N+]1(C)C2=CC=CCC2=Cc2ccccc21. The lowest BCUT2D eigenvalue weighted by Crippen LogP contribution is -2.46. The van der Waals surface area contributed by atoms with Crippen LogP contribution in [-0.4, -0.2) is 13.6 Å². The Labute approximate surface area is 109 Å². The molecular formula is C17H18N+. The molecule has 0 saturated carbocycles. The second-order valence-corrected chi connectivity index (χ2v) is 5.08. The van der Waals surface area contributed by atoms with E-state index in [9.17, 15) is 0 Å². The lowest BCUT2D eigenvalue weighted by molar-refractivity contribution is 0.451. The number of benzene rings is 1. The Kier molecular flexibility index (Phi) is 2.57. The van der Waals surface area contributed by atoms with Crippen molar-refractivity contribution < 1.29 is 0 Å². The summed E-state index contributed by atoms with van der Waals surface area (Å²) >= 11 is 0. The van der Waals surface area contributed by atoms with Crippen LogP contribution in [0.1, 0.15) is 12.0 Å². The van der Waals surface area contributed by atoms with Crippen LogP contribution in [0, 0.1) is 0 Å². The van der Waals surface area contributed by atoms with Crippen molar-refractivity contribution >= 4 is 11.8 Å². The summed E-state index contributed by atoms with van der Waals surface area (Å²) in [5.74, 6) is 0. The molecule has 1 nitrogen and oxygen atoms in total. The van der Waals surface area contributed by atoms with Gasteiger partial charge in [-0.25, -0.2) is 0 Å². The van der Waals surface area contributed by atoms with E-state index < -0.39 is 0 Å². The van der Waals surface area contributed by atoms with Crippen molar-refractivity contribution in [1.82, 2.24) is 4.48 Å². The largest absolute Gasteiger partial charge is 0.257 e. The fourth-order valence-corrected chi connectivity index (χ4v) is 3.01. The lowest BCUT2D eigenvalue weighted by atomic mass is 9.92. The number of allylic oxidation sites excluding steroid dienone is 4. The quantitative estimate of drug-likeness (QED) is 0.537. The van der Waals surface area contributed by atoms with Crippen LogP contribution in [0.4, 0.5) is 5.69 Å². The minimum Gasteiger partial charge on any atom is -0.257 e. The number of para-hydroxylation sites is 1. The van der Waals surface area contributed by atoms with E-state index in [1.165, 1.54) is 22.5 Å². The van der Waals surface area contributed by atoms with Gasteiger partial charge in [-0.2, -0.15) is 0 Å². The molecule has 0 saturated heterocycles. The molecule has 18 heavy (non-hydrogen) atoms. The van der Waals surface area contributed by atoms with Gasteiger partial charge in [-0.05, 0) is 30.7 Å². The van der Waals surface area contributed by atoms with Gasteiger partial charge in [0.05, 0.1) is 7.05 Å². The van der Waals surface area contributed by atoms with Crippen LogP contribution in [0.2, 0.25) is 0 Å². The molecule has 1 aromatic rings. The van der Waals surface area contributed by atoms with Crippen LogP contribution in [0.15, 0.2) is 66.4 Å². The summed E-state index contributed by atoms with van der Waals surface area (Å²) in [4.78, 5) is 0. The normalized spacial score (nSPS) is 24.7. The summed E-state index contributed by atoms with van der Waals surface area (Å²) in [6.45, 7) is 4.85. The van der Waals surface area contributed by atoms with Gasteiger partial charge >= 0.3 is 0 Å². The smallest absolute Gasteiger partial charge is 0.145 e. The number of nitrogens with zero attached hydrogens (tertiary/aromatic N) is 1. The molecule has 0 spiro atoms. The Morgan fingerprint density at radius 1 is 1.33 bits per heavy atom. The average Bonchev–Trinajstić information content (AvgIpc) is 2.40. The van der Waals surface area contributed by atoms with Crippen molar-refractivity contribution in [3.05, 3.63) is 72.0 Å². The molecule has 0 bridgehead atoms. The van der Waals surface area contributed by atoms with Crippen molar-refractivity contribution in [2.75, 3.05) is 13.6 Å². The van der Waals surface area contributed by atoms with Gasteiger partial charge in [0.1, 0.15) is 17.9 Å². The van der Waals surface area contributed by atoms with E-state index in [1.807, 2.05) is 6.08 Å². The molecule has 0 radical (unpaired) electrons. The molecule has 1 unspecified atom stereocenters. The molecule has 1 atom stereocenters. The van der Waals surface area contributed by atoms with Crippen LogP contribution in [0.3, 0.4) is 0 Å². The first-order valence-corrected chi connectivity index (χ1v) is 6.40. The van der Waals surface area contributed by atoms with Gasteiger partial charge in [-0.1, -0.05) is 30.9 Å². The van der Waals surface area contributed by atoms with E-state index in [0.717, 1.165) is 17.4 Å². The fraction of sp³-hybridized carbons (Fsp3) is 0.176. The zero-order chi connectivity index (χ0) is 12.6. The molecule has 1 heteroatoms. The minimum absolute atomic E-state index is 0.829. The maximum Gasteiger partial charge on any atom is 0.145 e. The van der Waals surface area contributed by atoms with Crippen molar-refractivity contribution in [3.63, 3.8) is 0 Å². The molecule has 1 aliphatic carbocycles. The number of fused-ring (bicyclic) bond motifs is 2. The van der Waals surface area contributed by atoms with Crippen molar-refractivity contribution in [1.29, 1.82) is 0 Å². The Morgan fingerprint density at radius 2 is 2.17 bits per heavy atom. The maximum absolute atomic E-state index is 3.93. The first-order valence-electron chi connectivity index (χ1n) is 6.40. The highest BCUT2D eigenvalue weighted by atomic mass is 15.3. The topological polar surface area (TPSA) is 0 Å². The highest BCUT2D eigenvalue weighted by molar-refractivity contribution is 5.77. The third-order valence-corrected chi connectivity index (χ3v) is 3.88. The second-order valence-electron chi connectivity index (χ2n) is 5.08. The summed E-state index contributed by atoms with van der Waals surface area (Å²) in [6, 6.07) is 8.67. The highest BCUT2D eigenvalue weighted by Gasteiger charge is 2.36. The molecule has 1 aliphatic heterocycles. The summed E-state index contributed by atoms with van der Waals surface area (Å²) in [5, 5.41) is 0. The monoisotopic (exact) mass is 236 g/mol. The average molecular weight is 236 g/mol. The molecule has 0 N–H and O–H groups in total. The van der Waals surface area contributed by atoms with Gasteiger partial charge in [0, 0.05) is 17.2 Å². The first-order chi connectivity index (χ1) is 8.75. The van der Waals surface area contributed by atoms with Gasteiger partial charge in [0.25, 0.3) is 0 Å². The highest BCUT2D eigenvalue weighted by Crippen LogP contribution is 2.42. The number of hydrogen-bond acceptors (Lipinski definition) is 0. The Hall–Kier alpha value is -1.86. The second kappa shape index (κ2) is 4.11. The van der Waals surface area contributed by atoms with Gasteiger partial charge in [0.2, 0.25) is 0 Å². The van der Waals surface area contributed by atoms with Crippen LogP contribution in [-0.2, 0) is 0 Å². The molecule has 3 rings (SSSR count). The van der Waals surface area contributed by atoms with E-state index in [-0.39, 0.29) is 0 Å². The standard InChI is InChI=1S/C17H18N/c1-3-12-18(2)16-10-6-4-8-14(16)13-15-9-5-7-11-17(15)18/h3-8,10-11,13H,1,9,12H2,2H3/q+1. The summed E-state index contributed by atoms with van der Waals surface area (Å²) in [7, 11) is 2.28. The van der Waals surface area contributed by atoms with E-state index in [0.29, 0.717) is 0 Å². The zero-order valence-electron chi connectivity index (χ0n) is 10.8. The number of hydrogen-bond donors (Lipinski definition) is 0. The summed E-state index contributed by atoms with van der Waals surface area (Å²) in [5.41, 5.74) is 5.53. The van der Waals surface area contributed by atoms with Crippen LogP contribution >= 0.6 is 0 Å². The van der Waals surface area contributed by atoms with E-state index >= 15 is 0 Å². The Morgan fingerprint density at radius 3 is 3.00 bits per heavy atom. The van der Waals surface area contributed by atoms with E-state index in [2.05, 4.69) is 62.2 Å². The maximum atomic E-state index is 3.93. The first kappa shape index (κ1) is 11.2. The van der Waals surface area contributed by atoms with E-state index in [4.69, 9.17) is 0 Å². The van der Waals surface area contributed by atoms with Gasteiger partial charge < -0.3 is 0 Å². The number of rotatable bonds is 2. The lowest BCUT2D eigenvalue weighted by Gasteiger charge is -2.39. The number of likely N-dealkylation sites (N-methyl/N-ethyl adjacent to an activating group) is 1. The Balaban J connectivity index is 2.26. The van der Waals surface area contributed by atoms with Crippen molar-refractivity contribution in [3.8, 4) is 0 Å². The predicted octanol–water partition coefficient (Wildman–Crippen LogP) is 4.05. The summed E-state index contributed by atoms with van der Waals surface area (Å²) in [6.07, 6.45) is 12.0. The van der Waals surface area contributed by atoms with Gasteiger partial charge in [-0.15, -0.1) is 0 Å². The molecule has 0 amide bonds.